The molecule has 0 N–H and O–H groups in total. The molecule has 0 saturated carbocycles. The van der Waals surface area contributed by atoms with Crippen LogP contribution in [-0.4, -0.2) is 200 Å². The van der Waals surface area contributed by atoms with E-state index >= 15 is 0 Å². The van der Waals surface area contributed by atoms with Crippen molar-refractivity contribution in [3.05, 3.63) is 51.8 Å². The first-order valence-corrected chi connectivity index (χ1v) is 34.3. The van der Waals surface area contributed by atoms with Crippen LogP contribution in [0.3, 0.4) is 0 Å². The van der Waals surface area contributed by atoms with Crippen LogP contribution in [0.25, 0.3) is 30.6 Å². The van der Waals surface area contributed by atoms with E-state index in [1.54, 1.807) is 18.2 Å². The number of hydrogen-bond donors (Lipinski definition) is 0. The number of fused-ring (bicyclic) bond motifs is 3. The van der Waals surface area contributed by atoms with Crippen molar-refractivity contribution in [2.45, 2.75) is 133 Å². The summed E-state index contributed by atoms with van der Waals surface area (Å²) in [5.41, 5.74) is 1.17. The molecule has 9 aliphatic heterocycles. The monoisotopic (exact) mass is 1310 g/mol. The van der Waals surface area contributed by atoms with Crippen molar-refractivity contribution in [2.75, 3.05) is 139 Å². The van der Waals surface area contributed by atoms with Gasteiger partial charge in [-0.15, -0.1) is 34.0 Å². The van der Waals surface area contributed by atoms with E-state index in [-0.39, 0.29) is 0 Å². The van der Waals surface area contributed by atoms with Crippen molar-refractivity contribution in [1.29, 1.82) is 0 Å². The van der Waals surface area contributed by atoms with Crippen molar-refractivity contribution in [1.82, 2.24) is 44.6 Å². The summed E-state index contributed by atoms with van der Waals surface area (Å²) in [4.78, 5) is 43.0. The fourth-order valence-electron chi connectivity index (χ4n) is 15.5. The van der Waals surface area contributed by atoms with Gasteiger partial charge >= 0.3 is 18.5 Å². The van der Waals surface area contributed by atoms with E-state index in [2.05, 4.69) is 59.3 Å². The van der Waals surface area contributed by atoms with Gasteiger partial charge in [0.2, 0.25) is 0 Å². The normalized spacial score (nSPS) is 25.0. The molecule has 6 aromatic rings. The standard InChI is InChI=1S/2C21H27F3N4OS.C20H25F3N4OS/c22-21(23,24)9-16-8-17-18(25-14-26-19(17)30-16)28-5-3-20(4-6-28)12-27(13-20)10-15-2-1-7-29-11-15;22-21(23,24)10-16-9-17-18(25-14-26-19(17)30-16)28-6-4-20(5-7-28)12-27(13-20)11-15-3-1-2-8-29-15;21-20(22,23)9-15-8-16-17(24-13-25-18(16)29-15)27-5-3-19(4-6-27)11-26(12-19)10-14-2-1-7-28-14/h8,14-15H,1-7,9-13H2;9,14-15H,1-8,10-13H2;8,13-14H,1-7,9-12H2. The SMILES string of the molecule is FC(F)(F)Cc1cc2c(N3CCC4(CC3)CN(CC3CCCCO3)C4)ncnc2s1.FC(F)(F)Cc1cc2c(N3CCC4(CC3)CN(CC3CCCO3)C4)ncnc2s1.FC(F)(F)Cc1cc2c(N3CCC4(CC3)CN(CC3CCCOC3)C4)ncnc2s1. The minimum atomic E-state index is -4.20. The Morgan fingerprint density at radius 1 is 0.427 bits per heavy atom. The van der Waals surface area contributed by atoms with Gasteiger partial charge in [-0.2, -0.15) is 39.5 Å². The molecule has 0 radical (unpaired) electrons. The molecular formula is C62H79F9N12O3S3. The van der Waals surface area contributed by atoms with E-state index in [0.29, 0.717) is 63.5 Å². The predicted octanol–water partition coefficient (Wildman–Crippen LogP) is 12.3. The number of nitrogens with zero attached hydrogens (tertiary/aromatic N) is 12. The van der Waals surface area contributed by atoms with Gasteiger partial charge < -0.3 is 33.8 Å². The molecule has 0 aliphatic carbocycles. The lowest BCUT2D eigenvalue weighted by Crippen LogP contribution is -2.61. The zero-order valence-electron chi connectivity index (χ0n) is 50.2. The number of alkyl halides is 9. The number of aromatic nitrogens is 6. The molecule has 9 aliphatic rings. The second-order valence-corrected chi connectivity index (χ2v) is 30.3. The van der Waals surface area contributed by atoms with Gasteiger partial charge in [0.25, 0.3) is 0 Å². The molecule has 9 saturated heterocycles. The van der Waals surface area contributed by atoms with Gasteiger partial charge in [0.05, 0.1) is 54.2 Å². The smallest absolute Gasteiger partial charge is 0.381 e. The number of anilines is 3. The van der Waals surface area contributed by atoms with Crippen LogP contribution in [0.4, 0.5) is 57.0 Å². The van der Waals surface area contributed by atoms with Crippen LogP contribution in [0, 0.1) is 22.2 Å². The van der Waals surface area contributed by atoms with Crippen LogP contribution >= 0.6 is 34.0 Å². The average molecular weight is 1310 g/mol. The maximum atomic E-state index is 12.8. The third-order valence-corrected chi connectivity index (χ3v) is 23.0. The Hall–Kier alpha value is -4.35. The summed E-state index contributed by atoms with van der Waals surface area (Å²) >= 11 is 3.35. The second-order valence-electron chi connectivity index (χ2n) is 26.9. The number of hydrogen-bond acceptors (Lipinski definition) is 18. The molecule has 0 aromatic carbocycles. The van der Waals surface area contributed by atoms with E-state index in [1.165, 1.54) is 63.9 Å². The molecule has 486 valence electrons. The van der Waals surface area contributed by atoms with Crippen molar-refractivity contribution >= 4 is 82.1 Å². The second kappa shape index (κ2) is 26.2. The van der Waals surface area contributed by atoms with Crippen LogP contribution in [0.5, 0.6) is 0 Å². The molecule has 27 heteroatoms. The van der Waals surface area contributed by atoms with E-state index in [9.17, 15) is 39.5 Å². The lowest BCUT2D eigenvalue weighted by molar-refractivity contribution is -0.127. The molecule has 0 bridgehead atoms. The third-order valence-electron chi connectivity index (χ3n) is 19.9. The van der Waals surface area contributed by atoms with Gasteiger partial charge in [0.15, 0.2) is 0 Å². The highest BCUT2D eigenvalue weighted by Crippen LogP contribution is 2.47. The van der Waals surface area contributed by atoms with E-state index in [1.807, 2.05) is 0 Å². The minimum absolute atomic E-state index is 0.298. The van der Waals surface area contributed by atoms with Crippen molar-refractivity contribution in [2.24, 2.45) is 22.2 Å². The topological polar surface area (TPSA) is 124 Å². The molecule has 6 aromatic heterocycles. The molecule has 0 amide bonds. The predicted molar refractivity (Wildman–Crippen MR) is 329 cm³/mol. The van der Waals surface area contributed by atoms with Crippen LogP contribution < -0.4 is 14.7 Å². The van der Waals surface area contributed by atoms with Gasteiger partial charge in [-0.1, -0.05) is 0 Å². The van der Waals surface area contributed by atoms with Gasteiger partial charge in [-0.3, -0.25) is 9.80 Å². The quantitative estimate of drug-likeness (QED) is 0.108. The summed E-state index contributed by atoms with van der Waals surface area (Å²) in [5, 5.41) is 2.26. The lowest BCUT2D eigenvalue weighted by atomic mass is 9.71. The maximum absolute atomic E-state index is 12.8. The van der Waals surface area contributed by atoms with Gasteiger partial charge in [0.1, 0.15) is 50.9 Å². The Morgan fingerprint density at radius 2 is 0.775 bits per heavy atom. The number of halogens is 9. The molecule has 3 atom stereocenters. The fraction of sp³-hybridized carbons (Fsp3) is 0.710. The van der Waals surface area contributed by atoms with Gasteiger partial charge in [0, 0.05) is 133 Å². The minimum Gasteiger partial charge on any atom is -0.381 e. The first kappa shape index (κ1) is 63.4. The average Bonchev–Trinajstić information content (AvgIpc) is 1.24. The number of rotatable bonds is 12. The Bertz CT molecular complexity index is 3170. The lowest BCUT2D eigenvalue weighted by Gasteiger charge is -2.55. The summed E-state index contributed by atoms with van der Waals surface area (Å²) in [6.07, 6.45) is 4.97. The van der Waals surface area contributed by atoms with Crippen LogP contribution in [0.2, 0.25) is 0 Å². The number of thiophene rings is 3. The molecule has 89 heavy (non-hydrogen) atoms. The molecule has 15 heterocycles. The van der Waals surface area contributed by atoms with E-state index < -0.39 is 37.8 Å². The van der Waals surface area contributed by atoms with Crippen molar-refractivity contribution in [3.63, 3.8) is 0 Å². The molecule has 9 fully saturated rings. The van der Waals surface area contributed by atoms with Gasteiger partial charge in [-0.25, -0.2) is 29.9 Å². The zero-order valence-corrected chi connectivity index (χ0v) is 52.6. The Labute approximate surface area is 524 Å². The first-order chi connectivity index (χ1) is 42.7. The van der Waals surface area contributed by atoms with Crippen molar-refractivity contribution < 1.29 is 53.7 Å². The first-order valence-electron chi connectivity index (χ1n) is 31.8. The summed E-state index contributed by atoms with van der Waals surface area (Å²) in [7, 11) is 0. The zero-order chi connectivity index (χ0) is 61.6. The van der Waals surface area contributed by atoms with Gasteiger partial charge in [-0.05, 0) is 124 Å². The maximum Gasteiger partial charge on any atom is 0.393 e. The number of likely N-dealkylation sites (tertiary alicyclic amines) is 3. The molecular weight excluding hydrogens is 1230 g/mol. The number of piperidine rings is 3. The van der Waals surface area contributed by atoms with Crippen LogP contribution in [0.15, 0.2) is 37.2 Å². The van der Waals surface area contributed by atoms with Crippen LogP contribution in [-0.2, 0) is 33.5 Å². The molecule has 15 nitrogen and oxygen atoms in total. The Kier molecular flexibility index (Phi) is 18.7. The molecule has 15 rings (SSSR count). The summed E-state index contributed by atoms with van der Waals surface area (Å²) in [6.45, 7) is 19.1. The Balaban J connectivity index is 0.000000123. The van der Waals surface area contributed by atoms with Crippen molar-refractivity contribution in [3.8, 4) is 0 Å². The Morgan fingerprint density at radius 3 is 1.09 bits per heavy atom. The summed E-state index contributed by atoms with van der Waals surface area (Å²) < 4.78 is 132. The summed E-state index contributed by atoms with van der Waals surface area (Å²) in [6, 6.07) is 4.88. The van der Waals surface area contributed by atoms with E-state index in [4.69, 9.17) is 14.2 Å². The highest BCUT2D eigenvalue weighted by Gasteiger charge is 2.49. The highest BCUT2D eigenvalue weighted by atomic mass is 32.1. The largest absolute Gasteiger partial charge is 0.393 e. The third kappa shape index (κ3) is 15.5. The fourth-order valence-corrected chi connectivity index (χ4v) is 18.6. The number of ether oxygens (including phenoxy) is 3. The van der Waals surface area contributed by atoms with E-state index in [0.717, 1.165) is 231 Å². The molecule has 3 spiro atoms. The molecule has 3 unspecified atom stereocenters. The highest BCUT2D eigenvalue weighted by molar-refractivity contribution is 7.19. The van der Waals surface area contributed by atoms with Crippen LogP contribution in [0.1, 0.15) is 98.1 Å². The summed E-state index contributed by atoms with van der Waals surface area (Å²) in [5.74, 6) is 3.03.